The fourth-order valence-corrected chi connectivity index (χ4v) is 1.96. The molecular weight excluding hydrogens is 325 g/mol. The fraction of sp³-hybridized carbons (Fsp3) is 0.143. The Bertz CT molecular complexity index is 616. The molecule has 1 heterocycles. The average Bonchev–Trinajstić information content (AvgIpc) is 2.46. The zero-order valence-corrected chi connectivity index (χ0v) is 12.4. The third-order valence-electron chi connectivity index (χ3n) is 2.70. The summed E-state index contributed by atoms with van der Waals surface area (Å²) < 4.78 is 14.1. The summed E-state index contributed by atoms with van der Waals surface area (Å²) in [4.78, 5) is 15.9. The van der Waals surface area contributed by atoms with Gasteiger partial charge in [0.05, 0.1) is 11.8 Å². The Balaban J connectivity index is 2.08. The number of carbonyl (C=O) groups is 1. The quantitative estimate of drug-likeness (QED) is 0.901. The lowest BCUT2D eigenvalue weighted by Crippen LogP contribution is -2.24. The first-order valence-electron chi connectivity index (χ1n) is 5.96. The molecule has 0 radical (unpaired) electrons. The molecule has 20 heavy (non-hydrogen) atoms. The van der Waals surface area contributed by atoms with Gasteiger partial charge in [-0.3, -0.25) is 4.79 Å². The zero-order chi connectivity index (χ0) is 14.5. The van der Waals surface area contributed by atoms with Crippen LogP contribution in [0.2, 0.25) is 0 Å². The number of benzene rings is 1. The molecule has 0 aliphatic heterocycles. The Kier molecular flexibility index (Phi) is 4.68. The van der Waals surface area contributed by atoms with Crippen LogP contribution in [-0.2, 0) is 6.54 Å². The molecule has 0 fully saturated rings. The van der Waals surface area contributed by atoms with Crippen molar-refractivity contribution in [2.75, 3.05) is 12.4 Å². The van der Waals surface area contributed by atoms with E-state index in [9.17, 15) is 9.18 Å². The van der Waals surface area contributed by atoms with Crippen LogP contribution in [0.3, 0.4) is 0 Å². The largest absolute Gasteiger partial charge is 0.372 e. The fourth-order valence-electron chi connectivity index (χ4n) is 1.69. The van der Waals surface area contributed by atoms with E-state index in [4.69, 9.17) is 0 Å². The molecule has 0 saturated heterocycles. The maximum atomic E-state index is 13.2. The van der Waals surface area contributed by atoms with Crippen molar-refractivity contribution in [3.05, 3.63) is 57.9 Å². The number of nitrogens with zero attached hydrogens (tertiary/aromatic N) is 1. The Hall–Kier alpha value is -1.95. The molecule has 0 atom stereocenters. The average molecular weight is 338 g/mol. The number of rotatable bonds is 4. The first-order chi connectivity index (χ1) is 9.60. The normalized spacial score (nSPS) is 10.2. The summed E-state index contributed by atoms with van der Waals surface area (Å²) in [6, 6.07) is 8.74. The Morgan fingerprint density at radius 3 is 2.70 bits per heavy atom. The van der Waals surface area contributed by atoms with Gasteiger partial charge in [0.2, 0.25) is 0 Å². The van der Waals surface area contributed by atoms with Crippen LogP contribution in [0.1, 0.15) is 15.9 Å². The van der Waals surface area contributed by atoms with Crippen LogP contribution >= 0.6 is 15.9 Å². The van der Waals surface area contributed by atoms with Crippen molar-refractivity contribution >= 4 is 27.7 Å². The van der Waals surface area contributed by atoms with Gasteiger partial charge in [0.1, 0.15) is 11.6 Å². The van der Waals surface area contributed by atoms with Gasteiger partial charge in [0.25, 0.3) is 5.91 Å². The van der Waals surface area contributed by atoms with Crippen molar-refractivity contribution in [1.29, 1.82) is 0 Å². The second-order valence-electron chi connectivity index (χ2n) is 4.11. The molecule has 0 spiro atoms. The summed E-state index contributed by atoms with van der Waals surface area (Å²) >= 11 is 3.34. The van der Waals surface area contributed by atoms with Gasteiger partial charge in [-0.15, -0.1) is 0 Å². The monoisotopic (exact) mass is 337 g/mol. The standard InChI is InChI=1S/C14H13BrFN3O/c1-17-13-12(6-11(16)8-18-13)14(20)19-7-9-2-4-10(15)5-3-9/h2-6,8H,7H2,1H3,(H,17,18)(H,19,20). The first-order valence-corrected chi connectivity index (χ1v) is 6.75. The predicted molar refractivity (Wildman–Crippen MR) is 79.1 cm³/mol. The lowest BCUT2D eigenvalue weighted by atomic mass is 10.2. The van der Waals surface area contributed by atoms with Crippen LogP contribution < -0.4 is 10.6 Å². The molecule has 1 aromatic heterocycles. The molecule has 2 rings (SSSR count). The van der Waals surface area contributed by atoms with Gasteiger partial charge in [-0.05, 0) is 23.8 Å². The van der Waals surface area contributed by atoms with Crippen LogP contribution in [-0.4, -0.2) is 17.9 Å². The van der Waals surface area contributed by atoms with Gasteiger partial charge >= 0.3 is 0 Å². The van der Waals surface area contributed by atoms with Crippen molar-refractivity contribution in [1.82, 2.24) is 10.3 Å². The number of hydrogen-bond acceptors (Lipinski definition) is 3. The second kappa shape index (κ2) is 6.47. The molecule has 0 unspecified atom stereocenters. The maximum absolute atomic E-state index is 13.2. The third kappa shape index (κ3) is 3.54. The molecular formula is C14H13BrFN3O. The van der Waals surface area contributed by atoms with E-state index in [0.717, 1.165) is 22.3 Å². The minimum absolute atomic E-state index is 0.185. The summed E-state index contributed by atoms with van der Waals surface area (Å²) in [6.45, 7) is 0.367. The van der Waals surface area contributed by atoms with Crippen LogP contribution in [0.4, 0.5) is 10.2 Å². The maximum Gasteiger partial charge on any atom is 0.255 e. The predicted octanol–water partition coefficient (Wildman–Crippen LogP) is 2.95. The van der Waals surface area contributed by atoms with E-state index in [1.165, 1.54) is 0 Å². The number of amides is 1. The highest BCUT2D eigenvalue weighted by molar-refractivity contribution is 9.10. The molecule has 1 amide bonds. The van der Waals surface area contributed by atoms with Gasteiger partial charge in [-0.1, -0.05) is 28.1 Å². The molecule has 0 aliphatic carbocycles. The first kappa shape index (κ1) is 14.5. The van der Waals surface area contributed by atoms with Crippen molar-refractivity contribution in [2.24, 2.45) is 0 Å². The molecule has 104 valence electrons. The Labute approximate surface area is 124 Å². The van der Waals surface area contributed by atoms with Crippen molar-refractivity contribution in [3.63, 3.8) is 0 Å². The number of nitrogens with one attached hydrogen (secondary N) is 2. The molecule has 4 nitrogen and oxygen atoms in total. The molecule has 1 aromatic carbocycles. The Morgan fingerprint density at radius 2 is 2.05 bits per heavy atom. The van der Waals surface area contributed by atoms with E-state index < -0.39 is 5.82 Å². The van der Waals surface area contributed by atoms with Crippen molar-refractivity contribution in [2.45, 2.75) is 6.54 Å². The summed E-state index contributed by atoms with van der Waals surface area (Å²) in [6.07, 6.45) is 1.07. The van der Waals surface area contributed by atoms with Gasteiger partial charge in [-0.2, -0.15) is 0 Å². The summed E-state index contributed by atoms with van der Waals surface area (Å²) in [5.41, 5.74) is 1.14. The van der Waals surface area contributed by atoms with Gasteiger partial charge in [-0.25, -0.2) is 9.37 Å². The highest BCUT2D eigenvalue weighted by Crippen LogP contribution is 2.14. The lowest BCUT2D eigenvalue weighted by Gasteiger charge is -2.09. The number of hydrogen-bond donors (Lipinski definition) is 2. The van der Waals surface area contributed by atoms with E-state index >= 15 is 0 Å². The van der Waals surface area contributed by atoms with Crippen LogP contribution in [0.5, 0.6) is 0 Å². The highest BCUT2D eigenvalue weighted by atomic mass is 79.9. The molecule has 0 aliphatic rings. The minimum Gasteiger partial charge on any atom is -0.372 e. The SMILES string of the molecule is CNc1ncc(F)cc1C(=O)NCc1ccc(Br)cc1. The lowest BCUT2D eigenvalue weighted by molar-refractivity contribution is 0.0951. The summed E-state index contributed by atoms with van der Waals surface area (Å²) in [5.74, 6) is -0.568. The number of aromatic nitrogens is 1. The Morgan fingerprint density at radius 1 is 1.35 bits per heavy atom. The van der Waals surface area contributed by atoms with E-state index in [1.54, 1.807) is 7.05 Å². The topological polar surface area (TPSA) is 54.0 Å². The van der Waals surface area contributed by atoms with Gasteiger partial charge in [0, 0.05) is 18.1 Å². The van der Waals surface area contributed by atoms with Crippen LogP contribution in [0, 0.1) is 5.82 Å². The molecule has 2 N–H and O–H groups in total. The van der Waals surface area contributed by atoms with Crippen LogP contribution in [0.25, 0.3) is 0 Å². The van der Waals surface area contributed by atoms with Gasteiger partial charge in [0.15, 0.2) is 0 Å². The van der Waals surface area contributed by atoms with E-state index in [-0.39, 0.29) is 11.5 Å². The van der Waals surface area contributed by atoms with E-state index in [2.05, 4.69) is 31.5 Å². The number of halogens is 2. The number of pyridine rings is 1. The number of anilines is 1. The zero-order valence-electron chi connectivity index (χ0n) is 10.8. The minimum atomic E-state index is -0.544. The summed E-state index contributed by atoms with van der Waals surface area (Å²) in [7, 11) is 1.63. The van der Waals surface area contributed by atoms with Crippen molar-refractivity contribution < 1.29 is 9.18 Å². The summed E-state index contributed by atoms with van der Waals surface area (Å²) in [5, 5.41) is 5.50. The third-order valence-corrected chi connectivity index (χ3v) is 3.23. The molecule has 0 saturated carbocycles. The van der Waals surface area contributed by atoms with Crippen molar-refractivity contribution in [3.8, 4) is 0 Å². The van der Waals surface area contributed by atoms with E-state index in [0.29, 0.717) is 12.4 Å². The second-order valence-corrected chi connectivity index (χ2v) is 5.02. The molecule has 2 aromatic rings. The molecule has 6 heteroatoms. The van der Waals surface area contributed by atoms with E-state index in [1.807, 2.05) is 24.3 Å². The smallest absolute Gasteiger partial charge is 0.255 e. The number of carbonyl (C=O) groups excluding carboxylic acids is 1. The molecule has 0 bridgehead atoms. The highest BCUT2D eigenvalue weighted by Gasteiger charge is 2.12. The van der Waals surface area contributed by atoms with Crippen LogP contribution in [0.15, 0.2) is 41.0 Å². The van der Waals surface area contributed by atoms with Gasteiger partial charge < -0.3 is 10.6 Å².